The Morgan fingerprint density at radius 2 is 2.06 bits per heavy atom. The van der Waals surface area contributed by atoms with Crippen LogP contribution in [0.3, 0.4) is 0 Å². The second-order valence-corrected chi connectivity index (χ2v) is 7.50. The number of hydrogen-bond donors (Lipinski definition) is 1. The van der Waals surface area contributed by atoms with Gasteiger partial charge in [-0.2, -0.15) is 0 Å². The summed E-state index contributed by atoms with van der Waals surface area (Å²) in [5.41, 5.74) is 2.02. The molecule has 0 amide bonds. The highest BCUT2D eigenvalue weighted by molar-refractivity contribution is 7.12. The highest BCUT2D eigenvalue weighted by Gasteiger charge is 2.45. The molecule has 0 spiro atoms. The summed E-state index contributed by atoms with van der Waals surface area (Å²) in [7, 11) is 2.11. The molecule has 2 aliphatic carbocycles. The van der Waals surface area contributed by atoms with Crippen molar-refractivity contribution in [2.45, 2.75) is 57.9 Å². The molecule has 1 heterocycles. The van der Waals surface area contributed by atoms with E-state index in [0.717, 1.165) is 0 Å². The number of rotatable bonds is 2. The maximum atomic E-state index is 4.94. The summed E-state index contributed by atoms with van der Waals surface area (Å²) in [6.45, 7) is 4.76. The Balaban J connectivity index is 1.95. The minimum atomic E-state index is 0.165. The third-order valence-corrected chi connectivity index (χ3v) is 5.85. The van der Waals surface area contributed by atoms with E-state index >= 15 is 0 Å². The first-order valence-electron chi connectivity index (χ1n) is 6.73. The Hall–Kier alpha value is -0.410. The van der Waals surface area contributed by atoms with Gasteiger partial charge in [-0.1, -0.05) is 13.8 Å². The minimum absolute atomic E-state index is 0.165. The molecule has 0 aromatic carbocycles. The Morgan fingerprint density at radius 3 is 2.65 bits per heavy atom. The van der Waals surface area contributed by atoms with Gasteiger partial charge < -0.3 is 5.32 Å². The number of hydrogen-bond acceptors (Lipinski definition) is 3. The van der Waals surface area contributed by atoms with E-state index in [-0.39, 0.29) is 5.54 Å². The molecule has 3 rings (SSSR count). The van der Waals surface area contributed by atoms with Gasteiger partial charge in [-0.15, -0.1) is 11.3 Å². The quantitative estimate of drug-likeness (QED) is 0.871. The van der Waals surface area contributed by atoms with Gasteiger partial charge in [0.15, 0.2) is 0 Å². The van der Waals surface area contributed by atoms with E-state index < -0.39 is 0 Å². The predicted molar refractivity (Wildman–Crippen MR) is 72.5 cm³/mol. The number of aromatic nitrogens is 1. The zero-order valence-electron chi connectivity index (χ0n) is 11.1. The molecule has 1 fully saturated rings. The highest BCUT2D eigenvalue weighted by Crippen LogP contribution is 2.50. The maximum absolute atomic E-state index is 4.94. The Labute approximate surface area is 108 Å². The standard InChI is InChI=1S/C14H22N2S/c1-13(2)7-8-14(9-13,15-3)12-16-10-5-4-6-11(10)17-12/h15H,4-9H2,1-3H3. The van der Waals surface area contributed by atoms with Crippen LogP contribution >= 0.6 is 11.3 Å². The molecule has 3 heteroatoms. The van der Waals surface area contributed by atoms with Crippen LogP contribution in [-0.4, -0.2) is 12.0 Å². The van der Waals surface area contributed by atoms with E-state index in [1.54, 1.807) is 4.88 Å². The average molecular weight is 250 g/mol. The van der Waals surface area contributed by atoms with Crippen molar-refractivity contribution in [3.63, 3.8) is 0 Å². The van der Waals surface area contributed by atoms with E-state index in [4.69, 9.17) is 4.98 Å². The first-order valence-corrected chi connectivity index (χ1v) is 7.54. The third kappa shape index (κ3) is 1.84. The molecule has 2 nitrogen and oxygen atoms in total. The van der Waals surface area contributed by atoms with Gasteiger partial charge in [0.1, 0.15) is 5.01 Å². The van der Waals surface area contributed by atoms with E-state index in [0.29, 0.717) is 5.41 Å². The fourth-order valence-corrected chi connectivity index (χ4v) is 4.82. The van der Waals surface area contributed by atoms with Gasteiger partial charge >= 0.3 is 0 Å². The van der Waals surface area contributed by atoms with Crippen LogP contribution in [-0.2, 0) is 18.4 Å². The molecule has 1 unspecified atom stereocenters. The molecule has 1 atom stereocenters. The lowest BCUT2D eigenvalue weighted by molar-refractivity contribution is 0.303. The lowest BCUT2D eigenvalue weighted by Gasteiger charge is -2.28. The van der Waals surface area contributed by atoms with E-state index in [2.05, 4.69) is 26.2 Å². The monoisotopic (exact) mass is 250 g/mol. The summed E-state index contributed by atoms with van der Waals surface area (Å²) < 4.78 is 0. The number of nitrogens with zero attached hydrogens (tertiary/aromatic N) is 1. The molecular weight excluding hydrogens is 228 g/mol. The molecule has 1 N–H and O–H groups in total. The van der Waals surface area contributed by atoms with Crippen molar-refractivity contribution in [2.75, 3.05) is 7.05 Å². The van der Waals surface area contributed by atoms with Crippen LogP contribution in [0, 0.1) is 5.41 Å². The summed E-state index contributed by atoms with van der Waals surface area (Å²) >= 11 is 1.97. The highest BCUT2D eigenvalue weighted by atomic mass is 32.1. The molecule has 1 aromatic heterocycles. The second-order valence-electron chi connectivity index (χ2n) is 6.42. The molecule has 0 bridgehead atoms. The Morgan fingerprint density at radius 1 is 1.24 bits per heavy atom. The van der Waals surface area contributed by atoms with Gasteiger partial charge in [-0.05, 0) is 51.0 Å². The van der Waals surface area contributed by atoms with Crippen LogP contribution in [0.2, 0.25) is 0 Å². The molecule has 17 heavy (non-hydrogen) atoms. The average Bonchev–Trinajstić information content (AvgIpc) is 2.89. The largest absolute Gasteiger partial charge is 0.308 e. The molecule has 0 aliphatic heterocycles. The molecule has 2 aliphatic rings. The maximum Gasteiger partial charge on any atom is 0.113 e. The van der Waals surface area contributed by atoms with Gasteiger partial charge in [-0.25, -0.2) is 4.98 Å². The normalized spacial score (nSPS) is 30.8. The van der Waals surface area contributed by atoms with Crippen LogP contribution in [0.4, 0.5) is 0 Å². The van der Waals surface area contributed by atoms with Crippen molar-refractivity contribution in [2.24, 2.45) is 5.41 Å². The van der Waals surface area contributed by atoms with Crippen LogP contribution in [0.1, 0.15) is 55.1 Å². The van der Waals surface area contributed by atoms with Crippen molar-refractivity contribution >= 4 is 11.3 Å². The second kappa shape index (κ2) is 3.79. The smallest absolute Gasteiger partial charge is 0.113 e. The molecule has 1 saturated carbocycles. The summed E-state index contributed by atoms with van der Waals surface area (Å²) in [5, 5.41) is 4.94. The van der Waals surface area contributed by atoms with E-state index in [1.807, 2.05) is 11.3 Å². The molecule has 1 aromatic rings. The van der Waals surface area contributed by atoms with Gasteiger partial charge in [0, 0.05) is 4.88 Å². The lowest BCUT2D eigenvalue weighted by Crippen LogP contribution is -2.38. The zero-order valence-corrected chi connectivity index (χ0v) is 11.9. The Bertz CT molecular complexity index is 414. The zero-order chi connectivity index (χ0) is 12.1. The first kappa shape index (κ1) is 11.7. The summed E-state index contributed by atoms with van der Waals surface area (Å²) in [4.78, 5) is 6.49. The van der Waals surface area contributed by atoms with Crippen molar-refractivity contribution in [1.82, 2.24) is 10.3 Å². The third-order valence-electron chi connectivity index (χ3n) is 4.49. The van der Waals surface area contributed by atoms with Crippen molar-refractivity contribution in [3.8, 4) is 0 Å². The molecule has 0 saturated heterocycles. The van der Waals surface area contributed by atoms with Gasteiger partial charge in [0.2, 0.25) is 0 Å². The van der Waals surface area contributed by atoms with Crippen LogP contribution in [0.5, 0.6) is 0 Å². The summed E-state index contributed by atoms with van der Waals surface area (Å²) in [6.07, 6.45) is 7.54. The molecule has 0 radical (unpaired) electrons. The fourth-order valence-electron chi connectivity index (χ4n) is 3.44. The van der Waals surface area contributed by atoms with Gasteiger partial charge in [-0.3, -0.25) is 0 Å². The number of fused-ring (bicyclic) bond motifs is 1. The summed E-state index contributed by atoms with van der Waals surface area (Å²) in [6, 6.07) is 0. The minimum Gasteiger partial charge on any atom is -0.308 e. The van der Waals surface area contributed by atoms with E-state index in [1.165, 1.54) is 49.2 Å². The van der Waals surface area contributed by atoms with Crippen LogP contribution in [0.25, 0.3) is 0 Å². The van der Waals surface area contributed by atoms with Crippen LogP contribution in [0.15, 0.2) is 0 Å². The SMILES string of the molecule is CNC1(c2nc3c(s2)CCC3)CCC(C)(C)C1. The number of aryl methyl sites for hydroxylation is 2. The van der Waals surface area contributed by atoms with Crippen molar-refractivity contribution in [3.05, 3.63) is 15.6 Å². The Kier molecular flexibility index (Phi) is 2.60. The fraction of sp³-hybridized carbons (Fsp3) is 0.786. The van der Waals surface area contributed by atoms with E-state index in [9.17, 15) is 0 Å². The van der Waals surface area contributed by atoms with Gasteiger partial charge in [0.05, 0.1) is 11.2 Å². The van der Waals surface area contributed by atoms with Crippen molar-refractivity contribution < 1.29 is 0 Å². The van der Waals surface area contributed by atoms with Crippen molar-refractivity contribution in [1.29, 1.82) is 0 Å². The topological polar surface area (TPSA) is 24.9 Å². The molecule has 94 valence electrons. The van der Waals surface area contributed by atoms with Gasteiger partial charge in [0.25, 0.3) is 0 Å². The molecular formula is C14H22N2S. The summed E-state index contributed by atoms with van der Waals surface area (Å²) in [5.74, 6) is 0. The number of nitrogens with one attached hydrogen (secondary N) is 1. The number of thiazole rings is 1. The first-order chi connectivity index (χ1) is 8.05. The van der Waals surface area contributed by atoms with Crippen LogP contribution < -0.4 is 5.32 Å². The lowest BCUT2D eigenvalue weighted by atomic mass is 9.88. The predicted octanol–water partition coefficient (Wildman–Crippen LogP) is 3.26.